The molecule has 140 valence electrons. The van der Waals surface area contributed by atoms with Gasteiger partial charge in [-0.1, -0.05) is 0 Å². The number of carbonyl (C=O) groups excluding carboxylic acids is 1. The zero-order valence-electron chi connectivity index (χ0n) is 15.1. The second-order valence-corrected chi connectivity index (χ2v) is 6.18. The molecule has 0 spiro atoms. The van der Waals surface area contributed by atoms with Crippen molar-refractivity contribution in [3.63, 3.8) is 0 Å². The van der Waals surface area contributed by atoms with Crippen molar-refractivity contribution in [2.45, 2.75) is 26.5 Å². The van der Waals surface area contributed by atoms with Gasteiger partial charge in [-0.15, -0.1) is 5.10 Å². The van der Waals surface area contributed by atoms with Crippen LogP contribution in [0, 0.1) is 13.8 Å². The molecule has 1 atom stereocenters. The molecule has 10 nitrogen and oxygen atoms in total. The first-order chi connectivity index (χ1) is 12.5. The molecule has 0 bridgehead atoms. The first kappa shape index (κ1) is 18.2. The summed E-state index contributed by atoms with van der Waals surface area (Å²) < 4.78 is 12.4. The summed E-state index contributed by atoms with van der Waals surface area (Å²) in [4.78, 5) is 29.3. The van der Waals surface area contributed by atoms with E-state index >= 15 is 0 Å². The molecule has 0 aromatic carbocycles. The van der Waals surface area contributed by atoms with Crippen LogP contribution in [0.1, 0.15) is 33.5 Å². The van der Waals surface area contributed by atoms with Crippen LogP contribution in [-0.4, -0.2) is 69.4 Å². The largest absolute Gasteiger partial charge is 0.383 e. The van der Waals surface area contributed by atoms with Crippen molar-refractivity contribution in [3.8, 4) is 0 Å². The summed E-state index contributed by atoms with van der Waals surface area (Å²) >= 11 is 0. The Morgan fingerprint density at radius 3 is 3.04 bits per heavy atom. The third-order valence-corrected chi connectivity index (χ3v) is 4.44. The number of tetrazole rings is 1. The normalized spacial score (nSPS) is 17.5. The Hall–Kier alpha value is -2.59. The fourth-order valence-electron chi connectivity index (χ4n) is 2.82. The first-order valence-corrected chi connectivity index (χ1v) is 8.37. The van der Waals surface area contributed by atoms with E-state index in [1.165, 1.54) is 0 Å². The smallest absolute Gasteiger partial charge is 0.261 e. The Labute approximate surface area is 150 Å². The predicted octanol–water partition coefficient (Wildman–Crippen LogP) is -0.162. The number of pyridine rings is 1. The van der Waals surface area contributed by atoms with Gasteiger partial charge in [0.25, 0.3) is 11.5 Å². The molecular formula is C16H22N6O4. The van der Waals surface area contributed by atoms with Crippen molar-refractivity contribution < 1.29 is 14.3 Å². The van der Waals surface area contributed by atoms with E-state index in [-0.39, 0.29) is 23.6 Å². The van der Waals surface area contributed by atoms with E-state index in [0.717, 1.165) is 11.3 Å². The molecule has 2 aromatic rings. The number of aromatic amines is 1. The van der Waals surface area contributed by atoms with Crippen molar-refractivity contribution in [1.29, 1.82) is 0 Å². The van der Waals surface area contributed by atoms with E-state index in [1.54, 1.807) is 29.7 Å². The minimum absolute atomic E-state index is 0.132. The fourth-order valence-corrected chi connectivity index (χ4v) is 2.82. The minimum Gasteiger partial charge on any atom is -0.383 e. The van der Waals surface area contributed by atoms with Gasteiger partial charge in [0.2, 0.25) is 0 Å². The Morgan fingerprint density at radius 2 is 2.27 bits per heavy atom. The van der Waals surface area contributed by atoms with Gasteiger partial charge < -0.3 is 19.4 Å². The summed E-state index contributed by atoms with van der Waals surface area (Å²) in [6.45, 7) is 5.63. The van der Waals surface area contributed by atoms with Gasteiger partial charge in [-0.2, -0.15) is 0 Å². The molecule has 0 aliphatic carbocycles. The summed E-state index contributed by atoms with van der Waals surface area (Å²) in [6.07, 6.45) is -0.454. The van der Waals surface area contributed by atoms with Crippen LogP contribution in [-0.2, 0) is 16.0 Å². The number of nitrogens with one attached hydrogen (secondary N) is 1. The molecule has 0 saturated carbocycles. The third kappa shape index (κ3) is 3.65. The van der Waals surface area contributed by atoms with Gasteiger partial charge in [0.1, 0.15) is 11.7 Å². The van der Waals surface area contributed by atoms with Crippen LogP contribution in [0.15, 0.2) is 10.9 Å². The monoisotopic (exact) mass is 362 g/mol. The molecule has 10 heteroatoms. The number of morpholine rings is 1. The quantitative estimate of drug-likeness (QED) is 0.786. The van der Waals surface area contributed by atoms with Gasteiger partial charge in [0.05, 0.1) is 26.3 Å². The molecular weight excluding hydrogens is 340 g/mol. The Kier molecular flexibility index (Phi) is 5.43. The van der Waals surface area contributed by atoms with Gasteiger partial charge >= 0.3 is 0 Å². The highest BCUT2D eigenvalue weighted by atomic mass is 16.5. The number of rotatable bonds is 5. The van der Waals surface area contributed by atoms with Gasteiger partial charge in [-0.05, 0) is 35.9 Å². The SMILES string of the molecule is COCCn1nnnc1[C@@H]1CN(C(=O)c2cc(C)c(C)[nH]c2=O)CCO1. The predicted molar refractivity (Wildman–Crippen MR) is 90.8 cm³/mol. The van der Waals surface area contributed by atoms with Crippen molar-refractivity contribution in [2.24, 2.45) is 0 Å². The molecule has 1 aliphatic heterocycles. The number of ether oxygens (including phenoxy) is 2. The van der Waals surface area contributed by atoms with Crippen LogP contribution in [0.2, 0.25) is 0 Å². The number of methoxy groups -OCH3 is 1. The topological polar surface area (TPSA) is 115 Å². The molecule has 1 N–H and O–H groups in total. The second-order valence-electron chi connectivity index (χ2n) is 6.18. The summed E-state index contributed by atoms with van der Waals surface area (Å²) in [6, 6.07) is 1.63. The number of hydrogen-bond donors (Lipinski definition) is 1. The van der Waals surface area contributed by atoms with E-state index in [2.05, 4.69) is 20.5 Å². The summed E-state index contributed by atoms with van der Waals surface area (Å²) in [7, 11) is 1.60. The lowest BCUT2D eigenvalue weighted by Gasteiger charge is -2.32. The number of carbonyl (C=O) groups is 1. The average Bonchev–Trinajstić information content (AvgIpc) is 3.11. The van der Waals surface area contributed by atoms with Crippen LogP contribution < -0.4 is 5.56 Å². The van der Waals surface area contributed by atoms with Crippen LogP contribution >= 0.6 is 0 Å². The maximum Gasteiger partial charge on any atom is 0.261 e. The molecule has 3 heterocycles. The molecule has 1 saturated heterocycles. The fraction of sp³-hybridized carbons (Fsp3) is 0.562. The van der Waals surface area contributed by atoms with E-state index in [0.29, 0.717) is 32.1 Å². The molecule has 0 radical (unpaired) electrons. The lowest BCUT2D eigenvalue weighted by molar-refractivity contribution is -0.0292. The number of nitrogens with zero attached hydrogens (tertiary/aromatic N) is 5. The third-order valence-electron chi connectivity index (χ3n) is 4.44. The van der Waals surface area contributed by atoms with E-state index in [1.807, 2.05) is 6.92 Å². The highest BCUT2D eigenvalue weighted by molar-refractivity contribution is 5.94. The molecule has 1 amide bonds. The van der Waals surface area contributed by atoms with Gasteiger partial charge in [-0.25, -0.2) is 4.68 Å². The standard InChI is InChI=1S/C16H22N6O4/c1-10-8-12(15(23)17-11(10)2)16(24)21-4-7-26-13(9-21)14-18-19-20-22(14)5-6-25-3/h8,13H,4-7,9H2,1-3H3,(H,17,23)/t13-/m0/s1. The molecule has 2 aromatic heterocycles. The van der Waals surface area contributed by atoms with Gasteiger partial charge in [0, 0.05) is 19.3 Å². The van der Waals surface area contributed by atoms with Crippen molar-refractivity contribution in [3.05, 3.63) is 39.1 Å². The van der Waals surface area contributed by atoms with Crippen LogP contribution in [0.5, 0.6) is 0 Å². The maximum atomic E-state index is 12.8. The zero-order valence-corrected chi connectivity index (χ0v) is 15.1. The number of aromatic nitrogens is 5. The van der Waals surface area contributed by atoms with E-state index in [4.69, 9.17) is 9.47 Å². The molecule has 3 rings (SSSR count). The maximum absolute atomic E-state index is 12.8. The molecule has 1 aliphatic rings. The van der Waals surface area contributed by atoms with E-state index < -0.39 is 6.10 Å². The first-order valence-electron chi connectivity index (χ1n) is 8.37. The summed E-state index contributed by atoms with van der Waals surface area (Å²) in [5.41, 5.74) is 1.36. The Balaban J connectivity index is 1.79. The van der Waals surface area contributed by atoms with Crippen LogP contribution in [0.25, 0.3) is 0 Å². The number of hydrogen-bond acceptors (Lipinski definition) is 7. The number of aryl methyl sites for hydroxylation is 2. The van der Waals surface area contributed by atoms with Crippen molar-refractivity contribution in [1.82, 2.24) is 30.1 Å². The van der Waals surface area contributed by atoms with Gasteiger partial charge in [-0.3, -0.25) is 9.59 Å². The molecule has 26 heavy (non-hydrogen) atoms. The minimum atomic E-state index is -0.454. The molecule has 0 unspecified atom stereocenters. The number of amides is 1. The number of H-pyrrole nitrogens is 1. The Bertz CT molecular complexity index is 846. The van der Waals surface area contributed by atoms with Crippen molar-refractivity contribution in [2.75, 3.05) is 33.4 Å². The Morgan fingerprint density at radius 1 is 1.46 bits per heavy atom. The average molecular weight is 362 g/mol. The summed E-state index contributed by atoms with van der Waals surface area (Å²) in [5.74, 6) is 0.215. The van der Waals surface area contributed by atoms with Crippen molar-refractivity contribution >= 4 is 5.91 Å². The molecule has 1 fully saturated rings. The highest BCUT2D eigenvalue weighted by Gasteiger charge is 2.30. The van der Waals surface area contributed by atoms with Gasteiger partial charge in [0.15, 0.2) is 5.82 Å². The second kappa shape index (κ2) is 7.75. The van der Waals surface area contributed by atoms with Crippen LogP contribution in [0.3, 0.4) is 0 Å². The lowest BCUT2D eigenvalue weighted by Crippen LogP contribution is -2.44. The summed E-state index contributed by atoms with van der Waals surface area (Å²) in [5, 5.41) is 11.6. The highest BCUT2D eigenvalue weighted by Crippen LogP contribution is 2.21. The van der Waals surface area contributed by atoms with Crippen LogP contribution in [0.4, 0.5) is 0 Å². The van der Waals surface area contributed by atoms with E-state index in [9.17, 15) is 9.59 Å². The zero-order chi connectivity index (χ0) is 18.7. The lowest BCUT2D eigenvalue weighted by atomic mass is 10.1.